The van der Waals surface area contributed by atoms with Crippen molar-refractivity contribution < 1.29 is 9.53 Å². The fourth-order valence-electron chi connectivity index (χ4n) is 0.829. The number of unbranched alkanes of at least 4 members (excludes halogenated alkanes) is 2. The van der Waals surface area contributed by atoms with Crippen molar-refractivity contribution in [3.8, 4) is 0 Å². The van der Waals surface area contributed by atoms with Crippen LogP contribution in [0, 0.1) is 0 Å². The topological polar surface area (TPSA) is 26.3 Å². The zero-order valence-electron chi connectivity index (χ0n) is 9.14. The Hall–Kier alpha value is -0.790. The van der Waals surface area contributed by atoms with Crippen LogP contribution in [0.25, 0.3) is 0 Å². The predicted octanol–water partition coefficient (Wildman–Crippen LogP) is 4.35. The molecule has 0 aliphatic heterocycles. The van der Waals surface area contributed by atoms with Crippen molar-refractivity contribution in [1.29, 1.82) is 0 Å². The van der Waals surface area contributed by atoms with Gasteiger partial charge >= 0.3 is 5.97 Å². The van der Waals surface area contributed by atoms with E-state index in [1.807, 2.05) is 13.8 Å². The van der Waals surface area contributed by atoms with E-state index >= 15 is 0 Å². The van der Waals surface area contributed by atoms with Gasteiger partial charge in [-0.25, -0.2) is 4.79 Å². The van der Waals surface area contributed by atoms with Crippen molar-refractivity contribution in [2.24, 2.45) is 0 Å². The lowest BCUT2D eigenvalue weighted by molar-refractivity contribution is -0.139. The Labute approximate surface area is 95.7 Å². The van der Waals surface area contributed by atoms with Gasteiger partial charge in [0, 0.05) is 5.57 Å². The van der Waals surface area contributed by atoms with Crippen molar-refractivity contribution in [3.63, 3.8) is 0 Å². The summed E-state index contributed by atoms with van der Waals surface area (Å²) in [5, 5.41) is 0. The molecule has 0 unspecified atom stereocenters. The van der Waals surface area contributed by atoms with E-state index in [2.05, 4.69) is 6.92 Å². The smallest absolute Gasteiger partial charge is 0.333 e. The highest BCUT2D eigenvalue weighted by atomic mass is 16.5. The van der Waals surface area contributed by atoms with E-state index < -0.39 is 0 Å². The largest absolute Gasteiger partial charge is 0.462 e. The third-order valence-corrected chi connectivity index (χ3v) is 2.04. The highest BCUT2D eigenvalue weighted by Crippen LogP contribution is 2.05. The predicted molar refractivity (Wildman–Crippen MR) is 68.0 cm³/mol. The maximum atomic E-state index is 11.3. The lowest BCUT2D eigenvalue weighted by Crippen LogP contribution is -2.08. The lowest BCUT2D eigenvalue weighted by Gasteiger charge is -2.05. The fraction of sp³-hybridized carbons (Fsp3) is 0.769. The van der Waals surface area contributed by atoms with Crippen LogP contribution in [0.3, 0.4) is 0 Å². The van der Waals surface area contributed by atoms with Gasteiger partial charge in [-0.1, -0.05) is 40.2 Å². The van der Waals surface area contributed by atoms with E-state index in [0.29, 0.717) is 6.61 Å². The maximum absolute atomic E-state index is 11.3. The Kier molecular flexibility index (Phi) is 14.8. The standard InChI is InChI=1S/C11H20O2.2CH4/c1-5-6-7-8-13-11(12)10(4)9(2)3;;/h5-8H2,1-4H3;2*1H4. The fourth-order valence-corrected chi connectivity index (χ4v) is 0.829. The molecule has 2 heteroatoms. The molecule has 0 fully saturated rings. The SMILES string of the molecule is C.C.CCCCCOC(=O)C(C)=C(C)C. The van der Waals surface area contributed by atoms with Crippen LogP contribution in [0.5, 0.6) is 0 Å². The second-order valence-electron chi connectivity index (χ2n) is 3.47. The van der Waals surface area contributed by atoms with Gasteiger partial charge < -0.3 is 4.74 Å². The first kappa shape index (κ1) is 19.7. The minimum Gasteiger partial charge on any atom is -0.462 e. The Balaban J connectivity index is -0.000000720. The Morgan fingerprint density at radius 3 is 2.00 bits per heavy atom. The molecule has 0 aliphatic carbocycles. The molecule has 0 aromatic carbocycles. The van der Waals surface area contributed by atoms with Crippen LogP contribution in [-0.2, 0) is 9.53 Å². The zero-order valence-corrected chi connectivity index (χ0v) is 9.14. The minimum absolute atomic E-state index is 0. The van der Waals surface area contributed by atoms with E-state index in [9.17, 15) is 4.79 Å². The molecule has 0 saturated heterocycles. The van der Waals surface area contributed by atoms with Crippen LogP contribution in [0.15, 0.2) is 11.1 Å². The number of allylic oxidation sites excluding steroid dienone is 1. The van der Waals surface area contributed by atoms with Crippen molar-refractivity contribution in [2.45, 2.75) is 61.8 Å². The Morgan fingerprint density at radius 1 is 1.07 bits per heavy atom. The number of carbonyl (C=O) groups excluding carboxylic acids is 1. The molecule has 0 atom stereocenters. The molecule has 0 aromatic rings. The number of ether oxygens (including phenoxy) is 1. The quantitative estimate of drug-likeness (QED) is 0.388. The van der Waals surface area contributed by atoms with Gasteiger partial charge in [-0.05, 0) is 27.2 Å². The molecule has 2 nitrogen and oxygen atoms in total. The minimum atomic E-state index is -0.170. The molecule has 0 amide bonds. The van der Waals surface area contributed by atoms with Crippen LogP contribution in [0.2, 0.25) is 0 Å². The average Bonchev–Trinajstić information content (AvgIpc) is 2.10. The lowest BCUT2D eigenvalue weighted by atomic mass is 10.2. The van der Waals surface area contributed by atoms with Gasteiger partial charge in [-0.15, -0.1) is 0 Å². The molecular formula is C13H28O2. The number of esters is 1. The van der Waals surface area contributed by atoms with Crippen LogP contribution in [0.4, 0.5) is 0 Å². The van der Waals surface area contributed by atoms with Crippen molar-refractivity contribution in [1.82, 2.24) is 0 Å². The van der Waals surface area contributed by atoms with Gasteiger partial charge in [0.05, 0.1) is 6.61 Å². The zero-order chi connectivity index (χ0) is 10.3. The summed E-state index contributed by atoms with van der Waals surface area (Å²) in [5.41, 5.74) is 1.76. The van der Waals surface area contributed by atoms with Crippen molar-refractivity contribution in [3.05, 3.63) is 11.1 Å². The van der Waals surface area contributed by atoms with Crippen molar-refractivity contribution >= 4 is 5.97 Å². The van der Waals surface area contributed by atoms with Gasteiger partial charge in [0.1, 0.15) is 0 Å². The number of carbonyl (C=O) groups is 1. The second kappa shape index (κ2) is 11.3. The third-order valence-electron chi connectivity index (χ3n) is 2.04. The second-order valence-corrected chi connectivity index (χ2v) is 3.47. The van der Waals surface area contributed by atoms with Gasteiger partial charge in [0.25, 0.3) is 0 Å². The molecule has 0 rings (SSSR count). The van der Waals surface area contributed by atoms with Gasteiger partial charge in [-0.2, -0.15) is 0 Å². The summed E-state index contributed by atoms with van der Waals surface area (Å²) in [5.74, 6) is -0.170. The van der Waals surface area contributed by atoms with Crippen LogP contribution in [-0.4, -0.2) is 12.6 Å². The first-order valence-corrected chi connectivity index (χ1v) is 4.90. The van der Waals surface area contributed by atoms with E-state index in [4.69, 9.17) is 4.74 Å². The molecule has 0 radical (unpaired) electrons. The summed E-state index contributed by atoms with van der Waals surface area (Å²) in [7, 11) is 0. The molecule has 0 bridgehead atoms. The number of hydrogen-bond acceptors (Lipinski definition) is 2. The summed E-state index contributed by atoms with van der Waals surface area (Å²) in [6, 6.07) is 0. The van der Waals surface area contributed by atoms with Crippen LogP contribution in [0.1, 0.15) is 61.8 Å². The molecule has 0 heterocycles. The number of hydrogen-bond donors (Lipinski definition) is 0. The van der Waals surface area contributed by atoms with Crippen LogP contribution >= 0.6 is 0 Å². The van der Waals surface area contributed by atoms with E-state index in [1.165, 1.54) is 0 Å². The molecule has 0 N–H and O–H groups in total. The summed E-state index contributed by atoms with van der Waals surface area (Å²) in [6.45, 7) is 8.32. The molecule has 0 aliphatic rings. The Morgan fingerprint density at radius 2 is 1.60 bits per heavy atom. The van der Waals surface area contributed by atoms with E-state index in [-0.39, 0.29) is 20.8 Å². The Bertz CT molecular complexity index is 189. The first-order valence-electron chi connectivity index (χ1n) is 4.90. The van der Waals surface area contributed by atoms with Gasteiger partial charge in [0.15, 0.2) is 0 Å². The van der Waals surface area contributed by atoms with E-state index in [1.54, 1.807) is 6.92 Å². The van der Waals surface area contributed by atoms with E-state index in [0.717, 1.165) is 30.4 Å². The summed E-state index contributed by atoms with van der Waals surface area (Å²) < 4.78 is 5.07. The normalized spacial score (nSPS) is 8.27. The molecule has 0 spiro atoms. The average molecular weight is 216 g/mol. The summed E-state index contributed by atoms with van der Waals surface area (Å²) in [6.07, 6.45) is 3.25. The number of rotatable bonds is 5. The summed E-state index contributed by atoms with van der Waals surface area (Å²) in [4.78, 5) is 11.3. The highest BCUT2D eigenvalue weighted by molar-refractivity contribution is 5.88. The maximum Gasteiger partial charge on any atom is 0.333 e. The molecule has 92 valence electrons. The molecule has 0 aromatic heterocycles. The highest BCUT2D eigenvalue weighted by Gasteiger charge is 2.05. The summed E-state index contributed by atoms with van der Waals surface area (Å²) >= 11 is 0. The van der Waals surface area contributed by atoms with Crippen molar-refractivity contribution in [2.75, 3.05) is 6.61 Å². The third kappa shape index (κ3) is 9.51. The molecule has 15 heavy (non-hydrogen) atoms. The molecule has 0 saturated carbocycles. The van der Waals surface area contributed by atoms with Gasteiger partial charge in [-0.3, -0.25) is 0 Å². The van der Waals surface area contributed by atoms with Crippen LogP contribution < -0.4 is 0 Å². The first-order chi connectivity index (χ1) is 6.09. The molecular weight excluding hydrogens is 188 g/mol. The monoisotopic (exact) mass is 216 g/mol. The van der Waals surface area contributed by atoms with Gasteiger partial charge in [0.2, 0.25) is 0 Å².